The van der Waals surface area contributed by atoms with Gasteiger partial charge in [-0.25, -0.2) is 0 Å². The zero-order valence-electron chi connectivity index (χ0n) is 8.94. The standard InChI is InChI=1S/C5H14O4Si.C2H4O2/c1-7-10(8-2,9-3)5-4-6;1-2(3)4/h6H,4-5H2,1-3H3;1H3,(H,3,4). The van der Waals surface area contributed by atoms with E-state index < -0.39 is 14.8 Å². The van der Waals surface area contributed by atoms with Crippen molar-refractivity contribution in [2.75, 3.05) is 27.9 Å². The van der Waals surface area contributed by atoms with E-state index in [1.54, 1.807) is 0 Å². The van der Waals surface area contributed by atoms with Crippen molar-refractivity contribution in [2.24, 2.45) is 0 Å². The first-order valence-electron chi connectivity index (χ1n) is 3.93. The van der Waals surface area contributed by atoms with E-state index in [2.05, 4.69) is 0 Å². The number of carbonyl (C=O) groups is 1. The minimum Gasteiger partial charge on any atom is -0.481 e. The third kappa shape index (κ3) is 8.14. The van der Waals surface area contributed by atoms with Crippen LogP contribution in [0.25, 0.3) is 0 Å². The van der Waals surface area contributed by atoms with Crippen LogP contribution in [-0.2, 0) is 18.1 Å². The van der Waals surface area contributed by atoms with Crippen molar-refractivity contribution in [2.45, 2.75) is 13.0 Å². The molecule has 0 rings (SSSR count). The summed E-state index contributed by atoms with van der Waals surface area (Å²) in [6.45, 7) is 1.11. The second-order valence-electron chi connectivity index (χ2n) is 2.29. The van der Waals surface area contributed by atoms with Crippen LogP contribution in [0, 0.1) is 0 Å². The van der Waals surface area contributed by atoms with Crippen molar-refractivity contribution in [1.29, 1.82) is 0 Å². The average Bonchev–Trinajstić information content (AvgIpc) is 2.14. The van der Waals surface area contributed by atoms with E-state index in [-0.39, 0.29) is 6.61 Å². The Hall–Kier alpha value is -0.473. The van der Waals surface area contributed by atoms with Crippen molar-refractivity contribution in [3.05, 3.63) is 0 Å². The molecule has 0 unspecified atom stereocenters. The molecule has 7 heteroatoms. The number of hydrogen-bond acceptors (Lipinski definition) is 5. The molecular formula is C7H18O6Si. The summed E-state index contributed by atoms with van der Waals surface area (Å²) >= 11 is 0. The van der Waals surface area contributed by atoms with Gasteiger partial charge in [0, 0.05) is 40.9 Å². The van der Waals surface area contributed by atoms with Gasteiger partial charge in [-0.3, -0.25) is 4.79 Å². The lowest BCUT2D eigenvalue weighted by Crippen LogP contribution is -2.43. The summed E-state index contributed by atoms with van der Waals surface area (Å²) in [5.74, 6) is -0.833. The lowest BCUT2D eigenvalue weighted by atomic mass is 10.9. The SMILES string of the molecule is CC(=O)O.CO[Si](CCO)(OC)OC. The largest absolute Gasteiger partial charge is 0.502 e. The highest BCUT2D eigenvalue weighted by Gasteiger charge is 2.36. The maximum Gasteiger partial charge on any atom is 0.502 e. The minimum atomic E-state index is -2.47. The first kappa shape index (κ1) is 16.0. The van der Waals surface area contributed by atoms with E-state index in [4.69, 9.17) is 28.3 Å². The van der Waals surface area contributed by atoms with Crippen LogP contribution in [0.5, 0.6) is 0 Å². The molecule has 0 saturated heterocycles. The third-order valence-electron chi connectivity index (χ3n) is 1.35. The molecule has 0 atom stereocenters. The van der Waals surface area contributed by atoms with Crippen LogP contribution in [0.3, 0.4) is 0 Å². The summed E-state index contributed by atoms with van der Waals surface area (Å²) in [5, 5.41) is 16.0. The number of aliphatic hydroxyl groups is 1. The molecule has 0 aromatic carbocycles. The summed E-state index contributed by atoms with van der Waals surface area (Å²) in [7, 11) is 2.10. The Labute approximate surface area is 84.8 Å². The molecule has 0 heterocycles. The van der Waals surface area contributed by atoms with Crippen LogP contribution in [0.4, 0.5) is 0 Å². The van der Waals surface area contributed by atoms with Gasteiger partial charge < -0.3 is 23.5 Å². The van der Waals surface area contributed by atoms with Crippen LogP contribution in [0.15, 0.2) is 0 Å². The second kappa shape index (κ2) is 9.10. The Morgan fingerprint density at radius 3 is 1.57 bits per heavy atom. The Morgan fingerprint density at radius 2 is 1.50 bits per heavy atom. The molecule has 0 aromatic rings. The highest BCUT2D eigenvalue weighted by Crippen LogP contribution is 2.10. The second-order valence-corrected chi connectivity index (χ2v) is 5.38. The van der Waals surface area contributed by atoms with Crippen molar-refractivity contribution >= 4 is 14.8 Å². The smallest absolute Gasteiger partial charge is 0.481 e. The van der Waals surface area contributed by atoms with Crippen molar-refractivity contribution in [3.8, 4) is 0 Å². The molecule has 14 heavy (non-hydrogen) atoms. The van der Waals surface area contributed by atoms with E-state index in [0.29, 0.717) is 6.04 Å². The van der Waals surface area contributed by atoms with Crippen molar-refractivity contribution < 1.29 is 28.3 Å². The normalized spacial score (nSPS) is 10.4. The summed E-state index contributed by atoms with van der Waals surface area (Å²) in [6.07, 6.45) is 0. The molecule has 6 nitrogen and oxygen atoms in total. The van der Waals surface area contributed by atoms with Gasteiger partial charge >= 0.3 is 8.80 Å². The Kier molecular flexibility index (Phi) is 10.4. The zero-order valence-corrected chi connectivity index (χ0v) is 9.94. The zero-order chi connectivity index (χ0) is 11.6. The molecule has 0 saturated carbocycles. The van der Waals surface area contributed by atoms with Gasteiger partial charge in [0.1, 0.15) is 0 Å². The van der Waals surface area contributed by atoms with Gasteiger partial charge in [-0.1, -0.05) is 0 Å². The topological polar surface area (TPSA) is 85.2 Å². The van der Waals surface area contributed by atoms with Crippen LogP contribution >= 0.6 is 0 Å². The van der Waals surface area contributed by atoms with E-state index in [1.165, 1.54) is 21.3 Å². The predicted molar refractivity (Wildman–Crippen MR) is 52.0 cm³/mol. The van der Waals surface area contributed by atoms with Gasteiger partial charge in [-0.05, 0) is 0 Å². The highest BCUT2D eigenvalue weighted by molar-refractivity contribution is 6.60. The maximum atomic E-state index is 9.00. The molecule has 0 aliphatic rings. The molecule has 86 valence electrons. The van der Waals surface area contributed by atoms with Gasteiger partial charge in [0.2, 0.25) is 0 Å². The average molecular weight is 226 g/mol. The lowest BCUT2D eigenvalue weighted by molar-refractivity contribution is -0.134. The molecule has 0 bridgehead atoms. The quantitative estimate of drug-likeness (QED) is 0.639. The fraction of sp³-hybridized carbons (Fsp3) is 0.857. The molecule has 0 spiro atoms. The van der Waals surface area contributed by atoms with E-state index in [0.717, 1.165) is 6.92 Å². The summed E-state index contributed by atoms with van der Waals surface area (Å²) in [6, 6.07) is 0.441. The van der Waals surface area contributed by atoms with Gasteiger partial charge in [-0.15, -0.1) is 0 Å². The molecule has 0 fully saturated rings. The van der Waals surface area contributed by atoms with E-state index in [9.17, 15) is 0 Å². The Bertz CT molecular complexity index is 135. The maximum absolute atomic E-state index is 9.00. The number of carboxylic acids is 1. The van der Waals surface area contributed by atoms with Gasteiger partial charge in [0.15, 0.2) is 0 Å². The Balaban J connectivity index is 0. The highest BCUT2D eigenvalue weighted by atomic mass is 28.4. The monoisotopic (exact) mass is 226 g/mol. The van der Waals surface area contributed by atoms with Crippen LogP contribution in [0.2, 0.25) is 6.04 Å². The third-order valence-corrected chi connectivity index (χ3v) is 4.05. The molecule has 0 amide bonds. The van der Waals surface area contributed by atoms with Crippen molar-refractivity contribution in [1.82, 2.24) is 0 Å². The van der Waals surface area contributed by atoms with Crippen molar-refractivity contribution in [3.63, 3.8) is 0 Å². The number of aliphatic hydroxyl groups excluding tert-OH is 1. The van der Waals surface area contributed by atoms with Gasteiger partial charge in [0.05, 0.1) is 0 Å². The van der Waals surface area contributed by atoms with E-state index in [1.807, 2.05) is 0 Å². The first-order chi connectivity index (χ1) is 6.47. The van der Waals surface area contributed by atoms with Gasteiger partial charge in [0.25, 0.3) is 5.97 Å². The first-order valence-corrected chi connectivity index (χ1v) is 5.87. The predicted octanol–water partition coefficient (Wildman–Crippen LogP) is -0.0523. The summed E-state index contributed by atoms with van der Waals surface area (Å²) in [4.78, 5) is 9.00. The molecule has 0 radical (unpaired) electrons. The number of aliphatic carboxylic acids is 1. The molecular weight excluding hydrogens is 208 g/mol. The molecule has 0 aromatic heterocycles. The van der Waals surface area contributed by atoms with Crippen LogP contribution in [-0.4, -0.2) is 52.9 Å². The number of hydrogen-bond donors (Lipinski definition) is 2. The molecule has 0 aliphatic heterocycles. The fourth-order valence-corrected chi connectivity index (χ4v) is 2.08. The summed E-state index contributed by atoms with van der Waals surface area (Å²) in [5.41, 5.74) is 0. The van der Waals surface area contributed by atoms with Crippen LogP contribution < -0.4 is 0 Å². The molecule has 0 aliphatic carbocycles. The minimum absolute atomic E-state index is 0.0295. The fourth-order valence-electron chi connectivity index (χ4n) is 0.693. The number of carboxylic acid groups (broad SMARTS) is 1. The van der Waals surface area contributed by atoms with Crippen LogP contribution in [0.1, 0.15) is 6.92 Å². The Morgan fingerprint density at radius 1 is 1.21 bits per heavy atom. The number of rotatable bonds is 5. The van der Waals surface area contributed by atoms with E-state index >= 15 is 0 Å². The molecule has 2 N–H and O–H groups in total. The summed E-state index contributed by atoms with van der Waals surface area (Å²) < 4.78 is 15.0. The lowest BCUT2D eigenvalue weighted by Gasteiger charge is -2.22. The van der Waals surface area contributed by atoms with Gasteiger partial charge in [-0.2, -0.15) is 0 Å².